The highest BCUT2D eigenvalue weighted by molar-refractivity contribution is 6.28. The van der Waals surface area contributed by atoms with Crippen LogP contribution in [0, 0.1) is 0 Å². The number of nitrogens with zero attached hydrogens (tertiary/aromatic N) is 5. The monoisotopic (exact) mass is 278 g/mol. The highest BCUT2D eigenvalue weighted by atomic mass is 35.5. The lowest BCUT2D eigenvalue weighted by Gasteiger charge is -2.41. The molecular weight excluding hydrogens is 264 g/mol. The van der Waals surface area contributed by atoms with Crippen LogP contribution < -0.4 is 5.32 Å². The first-order chi connectivity index (χ1) is 9.21. The van der Waals surface area contributed by atoms with Gasteiger partial charge in [-0.25, -0.2) is 4.98 Å². The maximum Gasteiger partial charge on any atom is 0.241 e. The van der Waals surface area contributed by atoms with Gasteiger partial charge >= 0.3 is 0 Å². The first-order valence-electron chi connectivity index (χ1n) is 6.39. The molecule has 0 amide bonds. The van der Waals surface area contributed by atoms with E-state index in [9.17, 15) is 0 Å². The molecule has 2 aromatic heterocycles. The van der Waals surface area contributed by atoms with Crippen molar-refractivity contribution < 1.29 is 0 Å². The van der Waals surface area contributed by atoms with E-state index < -0.39 is 0 Å². The van der Waals surface area contributed by atoms with E-state index in [1.54, 1.807) is 23.3 Å². The molecule has 1 saturated carbocycles. The van der Waals surface area contributed by atoms with E-state index in [0.717, 1.165) is 19.3 Å². The quantitative estimate of drug-likeness (QED) is 0.930. The van der Waals surface area contributed by atoms with E-state index in [4.69, 9.17) is 11.6 Å². The standard InChI is InChI=1S/C12H15ClN6/c1-2-12(4-3-5-12)18-10-15-9(13)16-11(17-10)19-7-6-14-8-19/h6-8H,2-5H2,1H3,(H,15,16,17,18). The molecule has 0 bridgehead atoms. The van der Waals surface area contributed by atoms with Gasteiger partial charge < -0.3 is 5.32 Å². The Morgan fingerprint density at radius 3 is 2.79 bits per heavy atom. The maximum atomic E-state index is 5.96. The second kappa shape index (κ2) is 4.77. The van der Waals surface area contributed by atoms with Crippen LogP contribution in [0.15, 0.2) is 18.7 Å². The van der Waals surface area contributed by atoms with E-state index in [-0.39, 0.29) is 10.8 Å². The lowest BCUT2D eigenvalue weighted by Crippen LogP contribution is -2.44. The lowest BCUT2D eigenvalue weighted by atomic mass is 9.75. The number of halogens is 1. The van der Waals surface area contributed by atoms with Crippen LogP contribution in [0.2, 0.25) is 5.28 Å². The molecule has 0 unspecified atom stereocenters. The van der Waals surface area contributed by atoms with Gasteiger partial charge in [-0.2, -0.15) is 15.0 Å². The van der Waals surface area contributed by atoms with E-state index in [0.29, 0.717) is 11.9 Å². The van der Waals surface area contributed by atoms with Crippen molar-refractivity contribution in [2.75, 3.05) is 5.32 Å². The SMILES string of the molecule is CCC1(Nc2nc(Cl)nc(-n3ccnc3)n2)CCC1. The Labute approximate surface area is 116 Å². The second-order valence-electron chi connectivity index (χ2n) is 4.81. The van der Waals surface area contributed by atoms with E-state index in [2.05, 4.69) is 32.2 Å². The molecule has 1 N–H and O–H groups in total. The fourth-order valence-electron chi connectivity index (χ4n) is 2.30. The summed E-state index contributed by atoms with van der Waals surface area (Å²) in [6, 6.07) is 0. The molecule has 1 aliphatic carbocycles. The molecule has 2 aromatic rings. The first kappa shape index (κ1) is 12.3. The van der Waals surface area contributed by atoms with E-state index in [1.807, 2.05) is 0 Å². The molecule has 0 saturated heterocycles. The van der Waals surface area contributed by atoms with Crippen LogP contribution in [0.1, 0.15) is 32.6 Å². The summed E-state index contributed by atoms with van der Waals surface area (Å²) in [4.78, 5) is 16.6. The molecule has 0 atom stereocenters. The fourth-order valence-corrected chi connectivity index (χ4v) is 2.45. The summed E-state index contributed by atoms with van der Waals surface area (Å²) in [5.41, 5.74) is 0.122. The predicted molar refractivity (Wildman–Crippen MR) is 72.5 cm³/mol. The summed E-state index contributed by atoms with van der Waals surface area (Å²) in [6.45, 7) is 2.17. The molecule has 0 radical (unpaired) electrons. The van der Waals surface area contributed by atoms with Crippen LogP contribution >= 0.6 is 11.6 Å². The zero-order valence-corrected chi connectivity index (χ0v) is 11.4. The van der Waals surface area contributed by atoms with Crippen molar-refractivity contribution in [2.24, 2.45) is 0 Å². The Balaban J connectivity index is 1.90. The molecule has 19 heavy (non-hydrogen) atoms. The number of aromatic nitrogens is 5. The normalized spacial score (nSPS) is 16.9. The molecule has 0 aromatic carbocycles. The summed E-state index contributed by atoms with van der Waals surface area (Å²) >= 11 is 5.96. The Hall–Kier alpha value is -1.69. The number of hydrogen-bond donors (Lipinski definition) is 1. The lowest BCUT2D eigenvalue weighted by molar-refractivity contribution is 0.268. The number of imidazole rings is 1. The maximum absolute atomic E-state index is 5.96. The molecule has 6 nitrogen and oxygen atoms in total. The van der Waals surface area contributed by atoms with Crippen LogP contribution in [0.25, 0.3) is 5.95 Å². The van der Waals surface area contributed by atoms with Gasteiger partial charge in [-0.1, -0.05) is 6.92 Å². The molecule has 2 heterocycles. The molecule has 0 aliphatic heterocycles. The molecule has 100 valence electrons. The summed E-state index contributed by atoms with van der Waals surface area (Å²) in [7, 11) is 0. The topological polar surface area (TPSA) is 68.5 Å². The van der Waals surface area contributed by atoms with Crippen molar-refractivity contribution in [1.29, 1.82) is 0 Å². The molecule has 3 rings (SSSR count). The Bertz CT molecular complexity index is 558. The zero-order chi connectivity index (χ0) is 13.3. The largest absolute Gasteiger partial charge is 0.349 e. The van der Waals surface area contributed by atoms with Crippen molar-refractivity contribution in [3.63, 3.8) is 0 Å². The first-order valence-corrected chi connectivity index (χ1v) is 6.77. The van der Waals surface area contributed by atoms with Gasteiger partial charge in [0.25, 0.3) is 0 Å². The highest BCUT2D eigenvalue weighted by Gasteiger charge is 2.35. The number of rotatable bonds is 4. The van der Waals surface area contributed by atoms with Gasteiger partial charge in [0.15, 0.2) is 0 Å². The van der Waals surface area contributed by atoms with Crippen molar-refractivity contribution in [3.05, 3.63) is 24.0 Å². The number of anilines is 1. The third-order valence-electron chi connectivity index (χ3n) is 3.70. The number of hydrogen-bond acceptors (Lipinski definition) is 5. The summed E-state index contributed by atoms with van der Waals surface area (Å²) in [6.07, 6.45) is 9.66. The molecule has 1 aliphatic rings. The molecule has 0 spiro atoms. The predicted octanol–water partition coefficient (Wildman–Crippen LogP) is 2.46. The van der Waals surface area contributed by atoms with Crippen LogP contribution in [0.5, 0.6) is 0 Å². The Morgan fingerprint density at radius 2 is 2.21 bits per heavy atom. The van der Waals surface area contributed by atoms with Gasteiger partial charge in [-0.3, -0.25) is 4.57 Å². The average molecular weight is 279 g/mol. The summed E-state index contributed by atoms with van der Waals surface area (Å²) in [5.74, 6) is 1.01. The minimum absolute atomic E-state index is 0.122. The van der Waals surface area contributed by atoms with Gasteiger partial charge in [-0.05, 0) is 37.3 Å². The smallest absolute Gasteiger partial charge is 0.241 e. The van der Waals surface area contributed by atoms with Gasteiger partial charge in [0, 0.05) is 17.9 Å². The average Bonchev–Trinajstić information content (AvgIpc) is 2.87. The van der Waals surface area contributed by atoms with Gasteiger partial charge in [0.1, 0.15) is 6.33 Å². The Kier molecular flexibility index (Phi) is 3.10. The van der Waals surface area contributed by atoms with Crippen LogP contribution in [-0.2, 0) is 0 Å². The Morgan fingerprint density at radius 1 is 1.37 bits per heavy atom. The van der Waals surface area contributed by atoms with Crippen LogP contribution in [0.4, 0.5) is 5.95 Å². The van der Waals surface area contributed by atoms with Gasteiger partial charge in [0.2, 0.25) is 17.2 Å². The molecule has 7 heteroatoms. The third kappa shape index (κ3) is 2.40. The van der Waals surface area contributed by atoms with E-state index >= 15 is 0 Å². The van der Waals surface area contributed by atoms with Gasteiger partial charge in [0.05, 0.1) is 0 Å². The van der Waals surface area contributed by atoms with Gasteiger partial charge in [-0.15, -0.1) is 0 Å². The van der Waals surface area contributed by atoms with Crippen LogP contribution in [0.3, 0.4) is 0 Å². The van der Waals surface area contributed by atoms with Crippen LogP contribution in [-0.4, -0.2) is 30.0 Å². The number of nitrogens with one attached hydrogen (secondary N) is 1. The summed E-state index contributed by atoms with van der Waals surface area (Å²) in [5, 5.41) is 3.59. The minimum atomic E-state index is 0.122. The van der Waals surface area contributed by atoms with Crippen molar-refractivity contribution in [2.45, 2.75) is 38.1 Å². The highest BCUT2D eigenvalue weighted by Crippen LogP contribution is 2.37. The van der Waals surface area contributed by atoms with Crippen molar-refractivity contribution in [1.82, 2.24) is 24.5 Å². The van der Waals surface area contributed by atoms with E-state index in [1.165, 1.54) is 6.42 Å². The van der Waals surface area contributed by atoms with Crippen molar-refractivity contribution in [3.8, 4) is 5.95 Å². The molecule has 1 fully saturated rings. The zero-order valence-electron chi connectivity index (χ0n) is 10.7. The third-order valence-corrected chi connectivity index (χ3v) is 3.87. The second-order valence-corrected chi connectivity index (χ2v) is 5.15. The fraction of sp³-hybridized carbons (Fsp3) is 0.500. The molecular formula is C12H15ClN6. The minimum Gasteiger partial charge on any atom is -0.349 e. The van der Waals surface area contributed by atoms with Crippen molar-refractivity contribution >= 4 is 17.5 Å². The summed E-state index contributed by atoms with van der Waals surface area (Å²) < 4.78 is 1.71.